The van der Waals surface area contributed by atoms with Crippen molar-refractivity contribution in [1.29, 1.82) is 0 Å². The lowest BCUT2D eigenvalue weighted by Gasteiger charge is -2.33. The number of nitrogens with zero attached hydrogens (tertiary/aromatic N) is 1. The summed E-state index contributed by atoms with van der Waals surface area (Å²) in [5.74, 6) is 0.893. The van der Waals surface area contributed by atoms with Crippen molar-refractivity contribution < 1.29 is 9.53 Å². The van der Waals surface area contributed by atoms with E-state index in [9.17, 15) is 4.79 Å². The molecule has 1 rings (SSSR count). The van der Waals surface area contributed by atoms with Crippen molar-refractivity contribution >= 4 is 5.91 Å². The number of hydrogen-bond acceptors (Lipinski definition) is 3. The van der Waals surface area contributed by atoms with Gasteiger partial charge in [-0.1, -0.05) is 6.08 Å². The Morgan fingerprint density at radius 1 is 1.53 bits per heavy atom. The van der Waals surface area contributed by atoms with Gasteiger partial charge in [-0.25, -0.2) is 0 Å². The lowest BCUT2D eigenvalue weighted by Crippen LogP contribution is -2.44. The molecular weight excluding hydrogens is 240 g/mol. The van der Waals surface area contributed by atoms with Crippen LogP contribution in [0.5, 0.6) is 0 Å². The Balaban J connectivity index is 2.25. The highest BCUT2D eigenvalue weighted by Crippen LogP contribution is 2.20. The van der Waals surface area contributed by atoms with E-state index in [1.807, 2.05) is 24.9 Å². The zero-order valence-corrected chi connectivity index (χ0v) is 12.4. The fourth-order valence-corrected chi connectivity index (χ4v) is 2.45. The highest BCUT2D eigenvalue weighted by Gasteiger charge is 2.25. The number of carbonyl (C=O) groups is 1. The van der Waals surface area contributed by atoms with Crippen molar-refractivity contribution in [2.45, 2.75) is 38.7 Å². The van der Waals surface area contributed by atoms with Crippen LogP contribution in [-0.2, 0) is 9.53 Å². The van der Waals surface area contributed by atoms with Crippen LogP contribution in [0.4, 0.5) is 0 Å². The van der Waals surface area contributed by atoms with Gasteiger partial charge in [0, 0.05) is 13.1 Å². The molecule has 0 saturated carbocycles. The molecule has 110 valence electrons. The maximum Gasteiger partial charge on any atom is 0.251 e. The maximum atomic E-state index is 12.2. The summed E-state index contributed by atoms with van der Waals surface area (Å²) in [5, 5.41) is 3.19. The summed E-state index contributed by atoms with van der Waals surface area (Å²) in [6.07, 6.45) is 5.73. The molecule has 0 bridgehead atoms. The van der Waals surface area contributed by atoms with E-state index < -0.39 is 0 Å². The van der Waals surface area contributed by atoms with Crippen LogP contribution >= 0.6 is 0 Å². The molecule has 1 N–H and O–H groups in total. The summed E-state index contributed by atoms with van der Waals surface area (Å²) < 4.78 is 5.52. The van der Waals surface area contributed by atoms with E-state index in [4.69, 9.17) is 4.74 Å². The summed E-state index contributed by atoms with van der Waals surface area (Å²) >= 11 is 0. The van der Waals surface area contributed by atoms with Crippen LogP contribution in [0.3, 0.4) is 0 Å². The molecule has 1 fully saturated rings. The standard InChI is InChI=1S/C15H28N2O2/c1-4-5-12-19-13(2)15(18)17-10-7-14(8-11-17)6-9-16-3/h4,13-14,16H,1,5-12H2,2-3H3. The summed E-state index contributed by atoms with van der Waals surface area (Å²) in [6, 6.07) is 0. The first-order chi connectivity index (χ1) is 9.19. The SMILES string of the molecule is C=CCCOC(C)C(=O)N1CCC(CCNC)CC1. The normalized spacial score (nSPS) is 18.3. The van der Waals surface area contributed by atoms with E-state index in [0.29, 0.717) is 6.61 Å². The van der Waals surface area contributed by atoms with E-state index in [2.05, 4.69) is 11.9 Å². The number of ether oxygens (including phenoxy) is 1. The maximum absolute atomic E-state index is 12.2. The molecule has 1 unspecified atom stereocenters. The molecule has 0 spiro atoms. The average Bonchev–Trinajstić information content (AvgIpc) is 2.45. The van der Waals surface area contributed by atoms with Crippen molar-refractivity contribution in [1.82, 2.24) is 10.2 Å². The highest BCUT2D eigenvalue weighted by molar-refractivity contribution is 5.80. The molecule has 4 nitrogen and oxygen atoms in total. The van der Waals surface area contributed by atoms with E-state index >= 15 is 0 Å². The third-order valence-corrected chi connectivity index (χ3v) is 3.77. The first-order valence-electron chi connectivity index (χ1n) is 7.35. The number of hydrogen-bond donors (Lipinski definition) is 1. The highest BCUT2D eigenvalue weighted by atomic mass is 16.5. The summed E-state index contributed by atoms with van der Waals surface area (Å²) in [4.78, 5) is 14.1. The lowest BCUT2D eigenvalue weighted by atomic mass is 9.93. The van der Waals surface area contributed by atoms with Crippen LogP contribution in [0.1, 0.15) is 32.6 Å². The number of nitrogens with one attached hydrogen (secondary N) is 1. The van der Waals surface area contributed by atoms with Crippen LogP contribution < -0.4 is 5.32 Å². The zero-order valence-electron chi connectivity index (χ0n) is 12.4. The lowest BCUT2D eigenvalue weighted by molar-refractivity contribution is -0.144. The molecule has 0 radical (unpaired) electrons. The van der Waals surface area contributed by atoms with Gasteiger partial charge in [-0.05, 0) is 52.1 Å². The Labute approximate surface area is 117 Å². The smallest absolute Gasteiger partial charge is 0.251 e. The molecule has 1 aliphatic rings. The topological polar surface area (TPSA) is 41.6 Å². The molecule has 1 amide bonds. The van der Waals surface area contributed by atoms with Gasteiger partial charge < -0.3 is 15.0 Å². The van der Waals surface area contributed by atoms with Gasteiger partial charge in [0.25, 0.3) is 5.91 Å². The molecule has 0 aliphatic carbocycles. The Kier molecular flexibility index (Phi) is 7.75. The molecular formula is C15H28N2O2. The minimum Gasteiger partial charge on any atom is -0.368 e. The number of piperidine rings is 1. The molecule has 1 atom stereocenters. The fourth-order valence-electron chi connectivity index (χ4n) is 2.45. The monoisotopic (exact) mass is 268 g/mol. The van der Waals surface area contributed by atoms with Gasteiger partial charge in [0.05, 0.1) is 6.61 Å². The van der Waals surface area contributed by atoms with Crippen LogP contribution in [0.15, 0.2) is 12.7 Å². The van der Waals surface area contributed by atoms with Crippen LogP contribution in [0, 0.1) is 5.92 Å². The number of rotatable bonds is 8. The van der Waals surface area contributed by atoms with Gasteiger partial charge in [-0.3, -0.25) is 4.79 Å². The average molecular weight is 268 g/mol. The van der Waals surface area contributed by atoms with Crippen molar-refractivity contribution in [3.8, 4) is 0 Å². The van der Waals surface area contributed by atoms with Gasteiger partial charge >= 0.3 is 0 Å². The number of carbonyl (C=O) groups excluding carboxylic acids is 1. The molecule has 0 aromatic heterocycles. The van der Waals surface area contributed by atoms with Gasteiger partial charge in [0.1, 0.15) is 6.10 Å². The molecule has 4 heteroatoms. The second-order valence-electron chi connectivity index (χ2n) is 5.25. The first-order valence-corrected chi connectivity index (χ1v) is 7.35. The van der Waals surface area contributed by atoms with E-state index in [0.717, 1.165) is 44.8 Å². The van der Waals surface area contributed by atoms with E-state index in [1.165, 1.54) is 6.42 Å². The summed E-state index contributed by atoms with van der Waals surface area (Å²) in [7, 11) is 1.99. The Morgan fingerprint density at radius 3 is 2.79 bits per heavy atom. The van der Waals surface area contributed by atoms with Gasteiger partial charge in [-0.15, -0.1) is 6.58 Å². The Bertz CT molecular complexity index is 273. The van der Waals surface area contributed by atoms with Crippen molar-refractivity contribution in [3.05, 3.63) is 12.7 Å². The Hall–Kier alpha value is -0.870. The third-order valence-electron chi connectivity index (χ3n) is 3.77. The zero-order chi connectivity index (χ0) is 14.1. The van der Waals surface area contributed by atoms with Gasteiger partial charge in [0.2, 0.25) is 0 Å². The second kappa shape index (κ2) is 9.10. The molecule has 19 heavy (non-hydrogen) atoms. The first kappa shape index (κ1) is 16.2. The number of amides is 1. The van der Waals surface area contributed by atoms with Crippen LogP contribution in [0.2, 0.25) is 0 Å². The molecule has 1 saturated heterocycles. The predicted octanol–water partition coefficient (Wildman–Crippen LogP) is 1.82. The fraction of sp³-hybridized carbons (Fsp3) is 0.800. The van der Waals surface area contributed by atoms with Gasteiger partial charge in [0.15, 0.2) is 0 Å². The van der Waals surface area contributed by atoms with Gasteiger partial charge in [-0.2, -0.15) is 0 Å². The molecule has 0 aromatic rings. The van der Waals surface area contributed by atoms with E-state index in [-0.39, 0.29) is 12.0 Å². The Morgan fingerprint density at radius 2 is 2.21 bits per heavy atom. The largest absolute Gasteiger partial charge is 0.368 e. The summed E-state index contributed by atoms with van der Waals surface area (Å²) in [5.41, 5.74) is 0. The van der Waals surface area contributed by atoms with Crippen molar-refractivity contribution in [3.63, 3.8) is 0 Å². The molecule has 1 heterocycles. The minimum atomic E-state index is -0.325. The third kappa shape index (κ3) is 5.74. The molecule has 0 aromatic carbocycles. The molecule has 1 aliphatic heterocycles. The van der Waals surface area contributed by atoms with Crippen molar-refractivity contribution in [2.24, 2.45) is 5.92 Å². The van der Waals surface area contributed by atoms with Crippen LogP contribution in [-0.4, -0.2) is 50.2 Å². The van der Waals surface area contributed by atoms with E-state index in [1.54, 1.807) is 0 Å². The minimum absolute atomic E-state index is 0.135. The quantitative estimate of drug-likeness (QED) is 0.539. The predicted molar refractivity (Wildman–Crippen MR) is 78.1 cm³/mol. The van der Waals surface area contributed by atoms with Crippen LogP contribution in [0.25, 0.3) is 0 Å². The van der Waals surface area contributed by atoms with Crippen molar-refractivity contribution in [2.75, 3.05) is 33.3 Å². The number of likely N-dealkylation sites (tertiary alicyclic amines) is 1. The second-order valence-corrected chi connectivity index (χ2v) is 5.25. The summed E-state index contributed by atoms with van der Waals surface area (Å²) in [6.45, 7) is 8.89.